The first-order valence-corrected chi connectivity index (χ1v) is 12.1. The summed E-state index contributed by atoms with van der Waals surface area (Å²) in [5.74, 6) is -2.67. The maximum absolute atomic E-state index is 13.8. The fourth-order valence-electron chi connectivity index (χ4n) is 5.02. The lowest BCUT2D eigenvalue weighted by Gasteiger charge is -2.38. The molecule has 3 atom stereocenters. The molecule has 2 aromatic rings. The summed E-state index contributed by atoms with van der Waals surface area (Å²) < 4.78 is 16.4. The summed E-state index contributed by atoms with van der Waals surface area (Å²) >= 11 is 0. The Kier molecular flexibility index (Phi) is 7.58. The standard InChI is InChI=1S/C29H31NO6/c1-5-35-29(33)24-18(3)30-22-14-17(2)23(28(32)34-4)27(31)26(22)25(24)20-12-9-13-21(15-20)36-16-19-10-7-6-8-11-19/h6-13,15,17,23,25,30H,5,14,16H2,1-4H3/t17-,23+,25+/m1/s1. The van der Waals surface area contributed by atoms with Crippen LogP contribution in [-0.4, -0.2) is 31.4 Å². The van der Waals surface area contributed by atoms with E-state index in [4.69, 9.17) is 14.2 Å². The minimum atomic E-state index is -0.933. The van der Waals surface area contributed by atoms with Gasteiger partial charge in [-0.1, -0.05) is 49.4 Å². The van der Waals surface area contributed by atoms with Gasteiger partial charge in [0.2, 0.25) is 0 Å². The van der Waals surface area contributed by atoms with E-state index in [1.165, 1.54) is 7.11 Å². The summed E-state index contributed by atoms with van der Waals surface area (Å²) in [7, 11) is 1.28. The maximum atomic E-state index is 13.8. The summed E-state index contributed by atoms with van der Waals surface area (Å²) in [6, 6.07) is 17.2. The summed E-state index contributed by atoms with van der Waals surface area (Å²) in [5, 5.41) is 3.26. The van der Waals surface area contributed by atoms with Crippen LogP contribution in [0.4, 0.5) is 0 Å². The molecular weight excluding hydrogens is 458 g/mol. The van der Waals surface area contributed by atoms with E-state index >= 15 is 0 Å². The molecule has 1 N–H and O–H groups in total. The third kappa shape index (κ3) is 4.91. The number of hydrogen-bond acceptors (Lipinski definition) is 7. The zero-order valence-corrected chi connectivity index (χ0v) is 21.0. The molecule has 0 unspecified atom stereocenters. The van der Waals surface area contributed by atoms with Crippen LogP contribution >= 0.6 is 0 Å². The van der Waals surface area contributed by atoms with E-state index in [0.717, 1.165) is 11.3 Å². The Morgan fingerprint density at radius 1 is 1.08 bits per heavy atom. The van der Waals surface area contributed by atoms with Crippen molar-refractivity contribution in [2.45, 2.75) is 39.7 Å². The number of ketones is 1. The Labute approximate surface area is 211 Å². The number of rotatable bonds is 7. The molecule has 0 radical (unpaired) electrons. The third-order valence-electron chi connectivity index (χ3n) is 6.68. The van der Waals surface area contributed by atoms with Crippen LogP contribution in [0.3, 0.4) is 0 Å². The average Bonchev–Trinajstić information content (AvgIpc) is 2.87. The van der Waals surface area contributed by atoms with E-state index in [2.05, 4.69) is 5.32 Å². The largest absolute Gasteiger partial charge is 0.489 e. The Morgan fingerprint density at radius 3 is 2.53 bits per heavy atom. The number of hydrogen-bond donors (Lipinski definition) is 1. The first kappa shape index (κ1) is 25.2. The molecule has 4 rings (SSSR count). The molecule has 36 heavy (non-hydrogen) atoms. The molecule has 1 aliphatic heterocycles. The molecule has 0 bridgehead atoms. The molecule has 0 saturated heterocycles. The fraction of sp³-hybridized carbons (Fsp3) is 0.345. The van der Waals surface area contributed by atoms with Crippen LogP contribution in [0.25, 0.3) is 0 Å². The van der Waals surface area contributed by atoms with Gasteiger partial charge in [0, 0.05) is 22.9 Å². The van der Waals surface area contributed by atoms with Gasteiger partial charge in [-0.05, 0) is 49.4 Å². The number of allylic oxidation sites excluding steroid dienone is 3. The Balaban J connectivity index is 1.77. The molecule has 0 aromatic heterocycles. The minimum absolute atomic E-state index is 0.199. The van der Waals surface area contributed by atoms with Crippen molar-refractivity contribution in [3.05, 3.63) is 88.3 Å². The van der Waals surface area contributed by atoms with Gasteiger partial charge in [0.15, 0.2) is 5.78 Å². The van der Waals surface area contributed by atoms with Crippen molar-refractivity contribution in [3.8, 4) is 5.75 Å². The van der Waals surface area contributed by atoms with Crippen LogP contribution in [-0.2, 0) is 30.5 Å². The van der Waals surface area contributed by atoms with E-state index < -0.39 is 23.8 Å². The van der Waals surface area contributed by atoms with E-state index in [1.54, 1.807) is 13.8 Å². The number of dihydropyridines is 1. The quantitative estimate of drug-likeness (QED) is 0.454. The van der Waals surface area contributed by atoms with Gasteiger partial charge in [-0.15, -0.1) is 0 Å². The van der Waals surface area contributed by atoms with Gasteiger partial charge < -0.3 is 19.5 Å². The zero-order valence-electron chi connectivity index (χ0n) is 21.0. The summed E-state index contributed by atoms with van der Waals surface area (Å²) in [5.41, 5.74) is 3.83. The van der Waals surface area contributed by atoms with Gasteiger partial charge >= 0.3 is 11.9 Å². The van der Waals surface area contributed by atoms with Crippen molar-refractivity contribution < 1.29 is 28.6 Å². The average molecular weight is 490 g/mol. The lowest BCUT2D eigenvalue weighted by atomic mass is 9.69. The molecule has 7 heteroatoms. The first-order chi connectivity index (χ1) is 17.3. The van der Waals surface area contributed by atoms with Crippen LogP contribution < -0.4 is 10.1 Å². The number of methoxy groups -OCH3 is 1. The van der Waals surface area contributed by atoms with E-state index in [-0.39, 0.29) is 18.3 Å². The summed E-state index contributed by atoms with van der Waals surface area (Å²) in [6.45, 7) is 5.98. The van der Waals surface area contributed by atoms with Gasteiger partial charge in [0.1, 0.15) is 18.3 Å². The Hall–Kier alpha value is -3.87. The van der Waals surface area contributed by atoms with Crippen molar-refractivity contribution in [1.29, 1.82) is 0 Å². The highest BCUT2D eigenvalue weighted by Crippen LogP contribution is 2.46. The van der Waals surface area contributed by atoms with Crippen molar-refractivity contribution in [2.75, 3.05) is 13.7 Å². The lowest BCUT2D eigenvalue weighted by Crippen LogP contribution is -2.43. The van der Waals surface area contributed by atoms with Gasteiger partial charge in [-0.2, -0.15) is 0 Å². The van der Waals surface area contributed by atoms with Crippen molar-refractivity contribution in [3.63, 3.8) is 0 Å². The van der Waals surface area contributed by atoms with Crippen LogP contribution in [0.15, 0.2) is 77.1 Å². The predicted molar refractivity (Wildman–Crippen MR) is 134 cm³/mol. The normalized spacial score (nSPS) is 21.4. The van der Waals surface area contributed by atoms with Crippen LogP contribution in [0.2, 0.25) is 0 Å². The minimum Gasteiger partial charge on any atom is -0.489 e. The molecule has 0 fully saturated rings. The molecule has 0 saturated carbocycles. The molecule has 2 aromatic carbocycles. The van der Waals surface area contributed by atoms with Crippen molar-refractivity contribution in [1.82, 2.24) is 5.32 Å². The highest BCUT2D eigenvalue weighted by molar-refractivity contribution is 6.12. The fourth-order valence-corrected chi connectivity index (χ4v) is 5.02. The smallest absolute Gasteiger partial charge is 0.336 e. The van der Waals surface area contributed by atoms with Crippen molar-refractivity contribution in [2.24, 2.45) is 11.8 Å². The van der Waals surface area contributed by atoms with Crippen LogP contribution in [0.1, 0.15) is 44.2 Å². The molecule has 0 spiro atoms. The SMILES string of the molecule is CCOC(=O)C1=C(C)NC2=C(C(=O)[C@@H](C(=O)OC)[C@H](C)C2)[C@H]1c1cccc(OCc2ccccc2)c1. The van der Waals surface area contributed by atoms with Gasteiger partial charge in [0.05, 0.1) is 19.3 Å². The van der Waals surface area contributed by atoms with Gasteiger partial charge in [-0.3, -0.25) is 9.59 Å². The number of Topliss-reactive ketones (excluding diaryl/α,β-unsaturated/α-hetero) is 1. The highest BCUT2D eigenvalue weighted by atomic mass is 16.5. The van der Waals surface area contributed by atoms with Crippen LogP contribution in [0, 0.1) is 11.8 Å². The molecule has 188 valence electrons. The molecule has 0 amide bonds. The lowest BCUT2D eigenvalue weighted by molar-refractivity contribution is -0.151. The Morgan fingerprint density at radius 2 is 1.83 bits per heavy atom. The summed E-state index contributed by atoms with van der Waals surface area (Å²) in [4.78, 5) is 39.5. The second-order valence-electron chi connectivity index (χ2n) is 9.10. The molecule has 7 nitrogen and oxygen atoms in total. The number of carbonyl (C=O) groups is 3. The highest BCUT2D eigenvalue weighted by Gasteiger charge is 2.47. The van der Waals surface area contributed by atoms with Crippen molar-refractivity contribution >= 4 is 17.7 Å². The number of benzene rings is 2. The second-order valence-corrected chi connectivity index (χ2v) is 9.10. The summed E-state index contributed by atoms with van der Waals surface area (Å²) in [6.07, 6.45) is 0.481. The number of ether oxygens (including phenoxy) is 3. The molecule has 1 heterocycles. The predicted octanol–water partition coefficient (Wildman–Crippen LogP) is 4.44. The van der Waals surface area contributed by atoms with E-state index in [9.17, 15) is 14.4 Å². The maximum Gasteiger partial charge on any atom is 0.336 e. The topological polar surface area (TPSA) is 90.9 Å². The Bertz CT molecular complexity index is 1230. The zero-order chi connectivity index (χ0) is 25.8. The number of nitrogens with one attached hydrogen (secondary N) is 1. The van der Waals surface area contributed by atoms with Gasteiger partial charge in [-0.25, -0.2) is 4.79 Å². The number of esters is 2. The monoisotopic (exact) mass is 489 g/mol. The molecule has 2 aliphatic rings. The number of carbonyl (C=O) groups excluding carboxylic acids is 3. The van der Waals surface area contributed by atoms with Gasteiger partial charge in [0.25, 0.3) is 0 Å². The molecule has 1 aliphatic carbocycles. The third-order valence-corrected chi connectivity index (χ3v) is 6.68. The van der Waals surface area contributed by atoms with Crippen LogP contribution in [0.5, 0.6) is 5.75 Å². The first-order valence-electron chi connectivity index (χ1n) is 12.1. The molecular formula is C29H31NO6. The van der Waals surface area contributed by atoms with E-state index in [0.29, 0.717) is 41.2 Å². The second kappa shape index (κ2) is 10.8. The van der Waals surface area contributed by atoms with E-state index in [1.807, 2.05) is 61.5 Å².